The summed E-state index contributed by atoms with van der Waals surface area (Å²) in [4.78, 5) is 19.9. The SMILES string of the molecule is CCCN(CCO)c1nc(Cl)nc(C)c1[N+](=O)[O-]. The molecule has 0 amide bonds. The van der Waals surface area contributed by atoms with Crippen LogP contribution in [0.3, 0.4) is 0 Å². The van der Waals surface area contributed by atoms with Gasteiger partial charge in [0.2, 0.25) is 11.1 Å². The quantitative estimate of drug-likeness (QED) is 0.481. The predicted molar refractivity (Wildman–Crippen MR) is 68.0 cm³/mol. The summed E-state index contributed by atoms with van der Waals surface area (Å²) in [5.41, 5.74) is 0.0512. The van der Waals surface area contributed by atoms with Gasteiger partial charge in [-0.1, -0.05) is 6.92 Å². The van der Waals surface area contributed by atoms with Gasteiger partial charge in [0.25, 0.3) is 0 Å². The molecular weight excluding hydrogens is 260 g/mol. The van der Waals surface area contributed by atoms with E-state index in [9.17, 15) is 10.1 Å². The molecule has 1 rings (SSSR count). The van der Waals surface area contributed by atoms with Crippen molar-refractivity contribution < 1.29 is 10.0 Å². The van der Waals surface area contributed by atoms with Gasteiger partial charge in [-0.3, -0.25) is 10.1 Å². The second-order valence-electron chi connectivity index (χ2n) is 3.72. The molecule has 0 saturated carbocycles. The maximum absolute atomic E-state index is 11.1. The first kappa shape index (κ1) is 14.6. The highest BCUT2D eigenvalue weighted by atomic mass is 35.5. The summed E-state index contributed by atoms with van der Waals surface area (Å²) in [7, 11) is 0. The van der Waals surface area contributed by atoms with Crippen molar-refractivity contribution in [3.8, 4) is 0 Å². The van der Waals surface area contributed by atoms with E-state index in [-0.39, 0.29) is 35.6 Å². The first-order valence-corrected chi connectivity index (χ1v) is 5.93. The smallest absolute Gasteiger partial charge is 0.332 e. The van der Waals surface area contributed by atoms with Crippen LogP contribution in [0.15, 0.2) is 0 Å². The third-order valence-electron chi connectivity index (χ3n) is 2.36. The van der Waals surface area contributed by atoms with Crippen LogP contribution in [0.25, 0.3) is 0 Å². The van der Waals surface area contributed by atoms with E-state index in [2.05, 4.69) is 9.97 Å². The van der Waals surface area contributed by atoms with Gasteiger partial charge in [-0.05, 0) is 24.9 Å². The normalized spacial score (nSPS) is 10.4. The van der Waals surface area contributed by atoms with Crippen LogP contribution < -0.4 is 4.90 Å². The number of aryl methyl sites for hydroxylation is 1. The second kappa shape index (κ2) is 6.46. The minimum absolute atomic E-state index is 0.0351. The average molecular weight is 275 g/mol. The lowest BCUT2D eigenvalue weighted by Crippen LogP contribution is -2.29. The highest BCUT2D eigenvalue weighted by Crippen LogP contribution is 2.29. The van der Waals surface area contributed by atoms with Gasteiger partial charge >= 0.3 is 5.69 Å². The minimum atomic E-state index is -0.527. The molecule has 7 nitrogen and oxygen atoms in total. The monoisotopic (exact) mass is 274 g/mol. The Labute approximate surface area is 110 Å². The van der Waals surface area contributed by atoms with Crippen molar-refractivity contribution in [2.75, 3.05) is 24.6 Å². The summed E-state index contributed by atoms with van der Waals surface area (Å²) in [5.74, 6) is 0.161. The van der Waals surface area contributed by atoms with Crippen molar-refractivity contribution in [2.45, 2.75) is 20.3 Å². The molecule has 0 unspecified atom stereocenters. The highest BCUT2D eigenvalue weighted by molar-refractivity contribution is 6.28. The van der Waals surface area contributed by atoms with Gasteiger partial charge in [-0.15, -0.1) is 0 Å². The maximum Gasteiger partial charge on any atom is 0.332 e. The summed E-state index contributed by atoms with van der Waals surface area (Å²) in [6, 6.07) is 0. The van der Waals surface area contributed by atoms with Crippen LogP contribution in [0.1, 0.15) is 19.0 Å². The van der Waals surface area contributed by atoms with Gasteiger partial charge in [-0.2, -0.15) is 4.98 Å². The average Bonchev–Trinajstić information content (AvgIpc) is 2.26. The van der Waals surface area contributed by atoms with Crippen molar-refractivity contribution >= 4 is 23.1 Å². The lowest BCUT2D eigenvalue weighted by molar-refractivity contribution is -0.385. The summed E-state index contributed by atoms with van der Waals surface area (Å²) < 4.78 is 0. The number of hydrogen-bond donors (Lipinski definition) is 1. The molecule has 1 heterocycles. The summed E-state index contributed by atoms with van der Waals surface area (Å²) in [6.07, 6.45) is 0.776. The number of nitro groups is 1. The van der Waals surface area contributed by atoms with Crippen LogP contribution in [0.4, 0.5) is 11.5 Å². The van der Waals surface area contributed by atoms with E-state index >= 15 is 0 Å². The molecule has 1 aromatic rings. The Morgan fingerprint density at radius 2 is 2.11 bits per heavy atom. The molecule has 0 saturated heterocycles. The van der Waals surface area contributed by atoms with Crippen LogP contribution >= 0.6 is 11.6 Å². The van der Waals surface area contributed by atoms with Gasteiger partial charge in [0.1, 0.15) is 5.69 Å². The van der Waals surface area contributed by atoms with E-state index in [1.165, 1.54) is 6.92 Å². The molecule has 0 radical (unpaired) electrons. The second-order valence-corrected chi connectivity index (χ2v) is 4.06. The number of nitrogens with zero attached hydrogens (tertiary/aromatic N) is 4. The van der Waals surface area contributed by atoms with Crippen molar-refractivity contribution in [1.29, 1.82) is 0 Å². The fraction of sp³-hybridized carbons (Fsp3) is 0.600. The van der Waals surface area contributed by atoms with Crippen LogP contribution in [0, 0.1) is 17.0 Å². The Hall–Kier alpha value is -1.47. The lowest BCUT2D eigenvalue weighted by Gasteiger charge is -2.22. The fourth-order valence-corrected chi connectivity index (χ4v) is 1.87. The zero-order chi connectivity index (χ0) is 13.7. The van der Waals surface area contributed by atoms with Gasteiger partial charge < -0.3 is 10.0 Å². The molecule has 0 aliphatic heterocycles. The van der Waals surface area contributed by atoms with E-state index in [1.807, 2.05) is 6.92 Å². The molecule has 1 aromatic heterocycles. The Balaban J connectivity index is 3.29. The minimum Gasteiger partial charge on any atom is -0.395 e. The summed E-state index contributed by atoms with van der Waals surface area (Å²) in [6.45, 7) is 4.15. The van der Waals surface area contributed by atoms with Crippen LogP contribution in [0.5, 0.6) is 0 Å². The Morgan fingerprint density at radius 1 is 1.44 bits per heavy atom. The van der Waals surface area contributed by atoms with E-state index < -0.39 is 4.92 Å². The van der Waals surface area contributed by atoms with E-state index in [0.29, 0.717) is 6.54 Å². The van der Waals surface area contributed by atoms with Crippen molar-refractivity contribution in [3.05, 3.63) is 21.1 Å². The molecule has 0 atom stereocenters. The largest absolute Gasteiger partial charge is 0.395 e. The van der Waals surface area contributed by atoms with Crippen LogP contribution in [-0.2, 0) is 0 Å². The molecule has 0 spiro atoms. The third-order valence-corrected chi connectivity index (χ3v) is 2.53. The predicted octanol–water partition coefficient (Wildman–Crippen LogP) is 1.56. The van der Waals surface area contributed by atoms with Crippen LogP contribution in [0.2, 0.25) is 5.28 Å². The molecule has 0 aliphatic carbocycles. The lowest BCUT2D eigenvalue weighted by atomic mass is 10.3. The Bertz CT molecular complexity index is 435. The van der Waals surface area contributed by atoms with E-state index in [1.54, 1.807) is 4.90 Å². The fourth-order valence-electron chi connectivity index (χ4n) is 1.67. The molecule has 0 fully saturated rings. The summed E-state index contributed by atoms with van der Waals surface area (Å²) in [5, 5.41) is 20.0. The van der Waals surface area contributed by atoms with Gasteiger partial charge in [-0.25, -0.2) is 4.98 Å². The highest BCUT2D eigenvalue weighted by Gasteiger charge is 2.25. The molecule has 0 aromatic carbocycles. The molecule has 100 valence electrons. The van der Waals surface area contributed by atoms with Crippen LogP contribution in [-0.4, -0.2) is 39.7 Å². The third kappa shape index (κ3) is 3.27. The maximum atomic E-state index is 11.1. The van der Waals surface area contributed by atoms with E-state index in [4.69, 9.17) is 16.7 Å². The molecular formula is C10H15ClN4O3. The zero-order valence-corrected chi connectivity index (χ0v) is 11.0. The number of aliphatic hydroxyl groups is 1. The first-order chi connectivity index (χ1) is 8.51. The van der Waals surface area contributed by atoms with Gasteiger partial charge in [0, 0.05) is 13.1 Å². The Morgan fingerprint density at radius 3 is 2.61 bits per heavy atom. The zero-order valence-electron chi connectivity index (χ0n) is 10.3. The van der Waals surface area contributed by atoms with Gasteiger partial charge in [0.05, 0.1) is 11.5 Å². The standard InChI is InChI=1S/C10H15ClN4O3/c1-3-4-14(5-6-16)9-8(15(17)18)7(2)12-10(11)13-9/h16H,3-6H2,1-2H3. The topological polar surface area (TPSA) is 92.4 Å². The number of hydrogen-bond acceptors (Lipinski definition) is 6. The summed E-state index contributed by atoms with van der Waals surface area (Å²) >= 11 is 5.74. The molecule has 18 heavy (non-hydrogen) atoms. The van der Waals surface area contributed by atoms with Crippen molar-refractivity contribution in [1.82, 2.24) is 9.97 Å². The first-order valence-electron chi connectivity index (χ1n) is 5.55. The number of halogens is 1. The Kier molecular flexibility index (Phi) is 5.24. The van der Waals surface area contributed by atoms with Gasteiger partial charge in [0.15, 0.2) is 0 Å². The number of aromatic nitrogens is 2. The number of rotatable bonds is 6. The molecule has 0 bridgehead atoms. The molecule has 1 N–H and O–H groups in total. The van der Waals surface area contributed by atoms with Crippen molar-refractivity contribution in [2.24, 2.45) is 0 Å². The number of anilines is 1. The molecule has 0 aliphatic rings. The van der Waals surface area contributed by atoms with E-state index in [0.717, 1.165) is 6.42 Å². The number of aliphatic hydroxyl groups excluding tert-OH is 1. The van der Waals surface area contributed by atoms with Crippen molar-refractivity contribution in [3.63, 3.8) is 0 Å². The molecule has 8 heteroatoms.